The van der Waals surface area contributed by atoms with Gasteiger partial charge in [-0.15, -0.1) is 5.10 Å². The molecule has 4 heterocycles. The van der Waals surface area contributed by atoms with Crippen molar-refractivity contribution in [1.82, 2.24) is 49.8 Å². The van der Waals surface area contributed by atoms with Crippen LogP contribution in [0.2, 0.25) is 0 Å². The number of nitrogens with two attached hydrogens (primary N) is 1. The van der Waals surface area contributed by atoms with Crippen LogP contribution in [0.1, 0.15) is 49.7 Å². The van der Waals surface area contributed by atoms with Gasteiger partial charge in [-0.2, -0.15) is 9.97 Å². The van der Waals surface area contributed by atoms with E-state index in [0.717, 1.165) is 27.8 Å². The van der Waals surface area contributed by atoms with E-state index in [9.17, 15) is 24.3 Å². The lowest BCUT2D eigenvalue weighted by Crippen LogP contribution is -2.40. The first-order valence-corrected chi connectivity index (χ1v) is 23.3. The Morgan fingerprint density at radius 2 is 1.54 bits per heavy atom. The summed E-state index contributed by atoms with van der Waals surface area (Å²) in [5.41, 5.74) is 10.8. The maximum absolute atomic E-state index is 12.8. The van der Waals surface area contributed by atoms with E-state index in [1.165, 1.54) is 10.9 Å². The van der Waals surface area contributed by atoms with E-state index < -0.39 is 23.6 Å². The van der Waals surface area contributed by atoms with Gasteiger partial charge in [0, 0.05) is 69.8 Å². The van der Waals surface area contributed by atoms with E-state index in [-0.39, 0.29) is 56.4 Å². The third kappa shape index (κ3) is 14.3. The topological polar surface area (TPSA) is 297 Å². The van der Waals surface area contributed by atoms with Crippen LogP contribution in [0.3, 0.4) is 0 Å². The number of nitrogens with zero attached hydrogens (tertiary/aromatic N) is 8. The molecule has 72 heavy (non-hydrogen) atoms. The molecule has 4 aromatic heterocycles. The minimum absolute atomic E-state index is 0.0222. The number of imidazole rings is 1. The van der Waals surface area contributed by atoms with Gasteiger partial charge in [-0.05, 0) is 55.0 Å². The number of aliphatic carboxylic acids is 1. The molecule has 0 fully saturated rings. The number of fused-ring (bicyclic) bond motifs is 2. The van der Waals surface area contributed by atoms with E-state index in [2.05, 4.69) is 45.9 Å². The molecule has 7 aromatic rings. The number of carbonyl (C=O) groups excluding carboxylic acids is 2. The number of H-pyrrole nitrogens is 1. The van der Waals surface area contributed by atoms with Crippen molar-refractivity contribution in [2.24, 2.45) is 0 Å². The van der Waals surface area contributed by atoms with E-state index in [4.69, 9.17) is 34.2 Å². The molecular formula is C49H58N12O11. The average molecular weight is 991 g/mol. The minimum atomic E-state index is -1.15. The number of carbonyl (C=O) groups is 3. The highest BCUT2D eigenvalue weighted by molar-refractivity contribution is 5.93. The van der Waals surface area contributed by atoms with Crippen molar-refractivity contribution < 1.29 is 47.9 Å². The lowest BCUT2D eigenvalue weighted by molar-refractivity contribution is -0.142. The largest absolute Gasteiger partial charge is 0.487 e. The van der Waals surface area contributed by atoms with Gasteiger partial charge >= 0.3 is 17.7 Å². The summed E-state index contributed by atoms with van der Waals surface area (Å²) in [6, 6.07) is 17.7. The second-order valence-electron chi connectivity index (χ2n) is 16.6. The molecular weight excluding hydrogens is 933 g/mol. The molecule has 0 saturated heterocycles. The number of anilines is 3. The summed E-state index contributed by atoms with van der Waals surface area (Å²) in [6.45, 7) is 2.68. The number of amides is 1. The molecule has 23 nitrogen and oxygen atoms in total. The summed E-state index contributed by atoms with van der Waals surface area (Å²) >= 11 is 0. The molecule has 0 radical (unpaired) electrons. The Morgan fingerprint density at radius 1 is 0.819 bits per heavy atom. The van der Waals surface area contributed by atoms with Gasteiger partial charge in [-0.3, -0.25) is 18.8 Å². The number of rotatable bonds is 30. The van der Waals surface area contributed by atoms with Crippen LogP contribution >= 0.6 is 0 Å². The summed E-state index contributed by atoms with van der Waals surface area (Å²) in [4.78, 5) is 70.5. The van der Waals surface area contributed by atoms with Gasteiger partial charge < -0.3 is 54.9 Å². The third-order valence-electron chi connectivity index (χ3n) is 11.3. The van der Waals surface area contributed by atoms with Crippen molar-refractivity contribution >= 4 is 57.0 Å². The van der Waals surface area contributed by atoms with Crippen molar-refractivity contribution in [1.29, 1.82) is 0 Å². The van der Waals surface area contributed by atoms with Crippen molar-refractivity contribution in [2.45, 2.75) is 64.1 Å². The van der Waals surface area contributed by atoms with Gasteiger partial charge in [0.1, 0.15) is 55.0 Å². The number of ketones is 1. The first kappa shape index (κ1) is 51.8. The Bertz CT molecular complexity index is 2990. The predicted octanol–water partition coefficient (Wildman–Crippen LogP) is 4.49. The Hall–Kier alpha value is -8.02. The fourth-order valence-corrected chi connectivity index (χ4v) is 7.55. The number of methoxy groups -OCH3 is 3. The summed E-state index contributed by atoms with van der Waals surface area (Å²) in [5.74, 6) is -0.0934. The molecule has 1 unspecified atom stereocenters. The molecule has 0 saturated carbocycles. The van der Waals surface area contributed by atoms with Crippen molar-refractivity contribution in [3.05, 3.63) is 94.8 Å². The maximum Gasteiger partial charge on any atom is 0.328 e. The van der Waals surface area contributed by atoms with Gasteiger partial charge in [-0.25, -0.2) is 19.6 Å². The van der Waals surface area contributed by atoms with Crippen molar-refractivity contribution in [3.63, 3.8) is 0 Å². The smallest absolute Gasteiger partial charge is 0.328 e. The number of nitrogen functional groups attached to an aromatic ring is 1. The van der Waals surface area contributed by atoms with Gasteiger partial charge in [0.05, 0.1) is 38.1 Å². The van der Waals surface area contributed by atoms with Crippen LogP contribution in [-0.4, -0.2) is 134 Å². The van der Waals surface area contributed by atoms with Gasteiger partial charge in [0.15, 0.2) is 23.0 Å². The summed E-state index contributed by atoms with van der Waals surface area (Å²) in [7, 11) is 4.75. The van der Waals surface area contributed by atoms with Gasteiger partial charge in [0.25, 0.3) is 0 Å². The number of carboxylic acids is 1. The van der Waals surface area contributed by atoms with Crippen LogP contribution in [0, 0.1) is 0 Å². The Labute approximate surface area is 413 Å². The van der Waals surface area contributed by atoms with Crippen molar-refractivity contribution in [2.75, 3.05) is 72.0 Å². The summed E-state index contributed by atoms with van der Waals surface area (Å²) in [6.07, 6.45) is 5.05. The summed E-state index contributed by atoms with van der Waals surface area (Å²) < 4.78 is 35.8. The van der Waals surface area contributed by atoms with E-state index >= 15 is 0 Å². The van der Waals surface area contributed by atoms with Crippen LogP contribution in [-0.2, 0) is 48.1 Å². The molecule has 0 bridgehead atoms. The van der Waals surface area contributed by atoms with Crippen LogP contribution in [0.15, 0.2) is 78.0 Å². The highest BCUT2D eigenvalue weighted by Crippen LogP contribution is 2.35. The zero-order valence-corrected chi connectivity index (χ0v) is 40.3. The molecule has 7 rings (SSSR count). The molecule has 0 aliphatic heterocycles. The average Bonchev–Trinajstić information content (AvgIpc) is 3.98. The summed E-state index contributed by atoms with van der Waals surface area (Å²) in [5, 5.41) is 25.2. The maximum atomic E-state index is 12.8. The Kier molecular flexibility index (Phi) is 18.5. The molecule has 0 spiro atoms. The molecule has 1 atom stereocenters. The number of Topliss-reactive ketones (excluding diaryl/α,β-unsaturated/α-hetero) is 1. The fourth-order valence-electron chi connectivity index (χ4n) is 7.55. The number of ether oxygens (including phenoxy) is 6. The van der Waals surface area contributed by atoms with Gasteiger partial charge in [0.2, 0.25) is 5.91 Å². The number of aromatic amines is 1. The highest BCUT2D eigenvalue weighted by Gasteiger charge is 2.21. The van der Waals surface area contributed by atoms with E-state index in [0.29, 0.717) is 98.5 Å². The normalized spacial score (nSPS) is 11.7. The standard InChI is InChI=1S/C49H58N12O11/c1-67-19-22-70-40-26-36-38(27-41(40)71-23-20-68-2)51-30-52-45(36)53-34-8-6-7-33(25-34)39-29-60(59-58-39)18-5-4-9-37(47(64)65)54-42(63)17-16-35(62)15-14-31-10-12-32(13-11-31)28-61-46-43(55-49(61)66)44(50)56-48(57-46)72-24-21-69-3/h6-8,10-13,25-27,29-30,37H,4-5,9,14-24,28H2,1-3H3,(H,54,63)(H,55,66)(H,64,65)(H2,50,56,57)(H,51,52,53). The first-order chi connectivity index (χ1) is 35.0. The zero-order chi connectivity index (χ0) is 50.8. The minimum Gasteiger partial charge on any atom is -0.487 e. The third-order valence-corrected chi connectivity index (χ3v) is 11.3. The van der Waals surface area contributed by atoms with Crippen molar-refractivity contribution in [3.8, 4) is 28.8 Å². The van der Waals surface area contributed by atoms with Gasteiger partial charge in [-0.1, -0.05) is 41.6 Å². The number of nitrogens with one attached hydrogen (secondary N) is 3. The molecule has 6 N–H and O–H groups in total. The first-order valence-electron chi connectivity index (χ1n) is 23.3. The van der Waals surface area contributed by atoms with Crippen LogP contribution in [0.5, 0.6) is 17.5 Å². The fraction of sp³-hybridized carbons (Fsp3) is 0.388. The monoisotopic (exact) mass is 990 g/mol. The lowest BCUT2D eigenvalue weighted by Gasteiger charge is -2.15. The Balaban J connectivity index is 0.840. The second-order valence-corrected chi connectivity index (χ2v) is 16.6. The van der Waals surface area contributed by atoms with Crippen LogP contribution in [0.25, 0.3) is 33.3 Å². The number of hydrogen-bond acceptors (Lipinski definition) is 18. The highest BCUT2D eigenvalue weighted by atomic mass is 16.5. The Morgan fingerprint density at radius 3 is 2.28 bits per heavy atom. The quantitative estimate of drug-likeness (QED) is 0.0388. The number of unbranched alkanes of at least 4 members (excludes halogenated alkanes) is 1. The molecule has 3 aromatic carbocycles. The van der Waals surface area contributed by atoms with E-state index in [1.54, 1.807) is 32.1 Å². The SMILES string of the molecule is COCCOc1nc(N)c2[nH]c(=O)n(Cc3ccc(CCC(=O)CCC(=O)NC(CCCCn4cc(-c5cccc(Nc6ncnc7cc(OCCOC)c(OCCOC)cc67)c5)nn4)C(=O)O)cc3)c2n1. The number of carboxylic acid groups (broad SMARTS) is 1. The molecule has 380 valence electrons. The second kappa shape index (κ2) is 25.7. The number of aryl methyl sites for hydroxylation is 2. The molecule has 0 aliphatic rings. The lowest BCUT2D eigenvalue weighted by atomic mass is 10.0. The van der Waals surface area contributed by atoms with Crippen LogP contribution < -0.4 is 36.3 Å². The number of benzene rings is 3. The predicted molar refractivity (Wildman–Crippen MR) is 264 cm³/mol. The number of hydrogen-bond donors (Lipinski definition) is 5. The van der Waals surface area contributed by atoms with Crippen LogP contribution in [0.4, 0.5) is 17.3 Å². The molecule has 23 heteroatoms. The zero-order valence-electron chi connectivity index (χ0n) is 40.3. The van der Waals surface area contributed by atoms with E-state index in [1.807, 2.05) is 60.8 Å². The molecule has 0 aliphatic carbocycles. The number of aromatic nitrogens is 9. The molecule has 1 amide bonds.